The summed E-state index contributed by atoms with van der Waals surface area (Å²) in [6.45, 7) is 4.67. The van der Waals surface area contributed by atoms with Gasteiger partial charge in [-0.1, -0.05) is 51.6 Å². The summed E-state index contributed by atoms with van der Waals surface area (Å²) < 4.78 is 0. The SMILES string of the molecule is CCCCCC[SiH]([SiH3])CC. The first-order chi connectivity index (χ1) is 4.81. The number of hydrogen-bond donors (Lipinski definition) is 0. The third kappa shape index (κ3) is 6.55. The molecule has 0 radical (unpaired) electrons. The van der Waals surface area contributed by atoms with Crippen LogP contribution in [0.2, 0.25) is 12.1 Å². The van der Waals surface area contributed by atoms with Crippen LogP contribution in [0.5, 0.6) is 0 Å². The van der Waals surface area contributed by atoms with Gasteiger partial charge in [-0.25, -0.2) is 0 Å². The van der Waals surface area contributed by atoms with Gasteiger partial charge in [0.25, 0.3) is 0 Å². The van der Waals surface area contributed by atoms with Gasteiger partial charge in [0.05, 0.1) is 0 Å². The van der Waals surface area contributed by atoms with Gasteiger partial charge in [0, 0.05) is 8.31 Å². The fourth-order valence-electron chi connectivity index (χ4n) is 1.12. The molecule has 0 spiro atoms. The maximum atomic E-state index is 2.38. The van der Waals surface area contributed by atoms with E-state index in [-0.39, 0.29) is 8.31 Å². The second-order valence-corrected chi connectivity index (χ2v) is 11.9. The maximum Gasteiger partial charge on any atom is 0.0199 e. The van der Waals surface area contributed by atoms with E-state index >= 15 is 0 Å². The summed E-state index contributed by atoms with van der Waals surface area (Å²) in [6.07, 6.45) is 5.90. The van der Waals surface area contributed by atoms with Crippen LogP contribution in [0.3, 0.4) is 0 Å². The van der Waals surface area contributed by atoms with Gasteiger partial charge in [0.15, 0.2) is 0 Å². The predicted octanol–water partition coefficient (Wildman–Crippen LogP) is 1.68. The quantitative estimate of drug-likeness (QED) is 0.425. The van der Waals surface area contributed by atoms with Crippen LogP contribution in [0.4, 0.5) is 0 Å². The van der Waals surface area contributed by atoms with Gasteiger partial charge >= 0.3 is 0 Å². The summed E-state index contributed by atoms with van der Waals surface area (Å²) >= 11 is 0. The second kappa shape index (κ2) is 7.54. The zero-order chi connectivity index (χ0) is 7.82. The lowest BCUT2D eigenvalue weighted by Crippen LogP contribution is -2.09. The predicted molar refractivity (Wildman–Crippen MR) is 56.5 cm³/mol. The fourth-order valence-corrected chi connectivity index (χ4v) is 3.74. The molecule has 0 aliphatic rings. The highest BCUT2D eigenvalue weighted by molar-refractivity contribution is 7.03. The molecule has 0 bridgehead atoms. The molecule has 0 aromatic carbocycles. The van der Waals surface area contributed by atoms with Crippen molar-refractivity contribution in [2.75, 3.05) is 0 Å². The standard InChI is InChI=1S/C8H22Si2/c1-3-5-6-7-8-10(9)4-2/h10H,3-8H2,1-2,9H3. The minimum atomic E-state index is -0.0851. The van der Waals surface area contributed by atoms with Crippen molar-refractivity contribution in [1.82, 2.24) is 0 Å². The van der Waals surface area contributed by atoms with Crippen molar-refractivity contribution in [1.29, 1.82) is 0 Å². The molecule has 10 heavy (non-hydrogen) atoms. The van der Waals surface area contributed by atoms with Crippen LogP contribution in [0.25, 0.3) is 0 Å². The molecule has 62 valence electrons. The third-order valence-corrected chi connectivity index (χ3v) is 9.22. The second-order valence-electron chi connectivity index (χ2n) is 3.36. The van der Waals surface area contributed by atoms with E-state index < -0.39 is 0 Å². The highest BCUT2D eigenvalue weighted by Crippen LogP contribution is 2.06. The van der Waals surface area contributed by atoms with Crippen LogP contribution >= 0.6 is 0 Å². The van der Waals surface area contributed by atoms with Crippen molar-refractivity contribution < 1.29 is 0 Å². The van der Waals surface area contributed by atoms with Gasteiger partial charge in [0.2, 0.25) is 0 Å². The molecule has 0 amide bonds. The summed E-state index contributed by atoms with van der Waals surface area (Å²) in [4.78, 5) is 0. The van der Waals surface area contributed by atoms with Crippen LogP contribution in [0.1, 0.15) is 39.5 Å². The zero-order valence-electron chi connectivity index (χ0n) is 7.82. The Morgan fingerprint density at radius 3 is 2.30 bits per heavy atom. The molecule has 0 aliphatic carbocycles. The Morgan fingerprint density at radius 2 is 1.80 bits per heavy atom. The van der Waals surface area contributed by atoms with Gasteiger partial charge in [0.1, 0.15) is 0 Å². The van der Waals surface area contributed by atoms with E-state index in [2.05, 4.69) is 13.8 Å². The zero-order valence-corrected chi connectivity index (χ0v) is 11.0. The highest BCUT2D eigenvalue weighted by Gasteiger charge is 1.98. The Bertz CT molecular complexity index is 64.3. The Balaban J connectivity index is 2.89. The molecule has 0 aromatic rings. The monoisotopic (exact) mass is 174 g/mol. The average Bonchev–Trinajstić information content (AvgIpc) is 1.98. The Hall–Kier alpha value is 0.434. The highest BCUT2D eigenvalue weighted by atomic mass is 29.1. The van der Waals surface area contributed by atoms with Crippen LogP contribution in [-0.4, -0.2) is 18.1 Å². The molecule has 0 heterocycles. The minimum absolute atomic E-state index is 0.0851. The van der Waals surface area contributed by atoms with E-state index in [1.807, 2.05) is 0 Å². The molecule has 0 N–H and O–H groups in total. The van der Waals surface area contributed by atoms with Crippen LogP contribution in [0.15, 0.2) is 0 Å². The van der Waals surface area contributed by atoms with Crippen molar-refractivity contribution in [3.63, 3.8) is 0 Å². The molecular weight excluding hydrogens is 152 g/mol. The lowest BCUT2D eigenvalue weighted by atomic mass is 10.2. The normalized spacial score (nSPS) is 13.8. The van der Waals surface area contributed by atoms with E-state index in [1.165, 1.54) is 19.3 Å². The molecular formula is C8H22Si2. The van der Waals surface area contributed by atoms with Crippen molar-refractivity contribution in [3.8, 4) is 0 Å². The molecule has 2 heteroatoms. The Labute approximate surface area is 70.2 Å². The van der Waals surface area contributed by atoms with E-state index in [1.54, 1.807) is 28.3 Å². The first-order valence-electron chi connectivity index (χ1n) is 4.81. The van der Waals surface area contributed by atoms with Gasteiger partial charge in [-0.05, 0) is 9.76 Å². The topological polar surface area (TPSA) is 0 Å². The van der Waals surface area contributed by atoms with Crippen LogP contribution in [-0.2, 0) is 0 Å². The largest absolute Gasteiger partial charge is 0.0683 e. The molecule has 0 saturated carbocycles. The summed E-state index contributed by atoms with van der Waals surface area (Å²) in [5.74, 6) is 0. The summed E-state index contributed by atoms with van der Waals surface area (Å²) in [6, 6.07) is 3.20. The minimum Gasteiger partial charge on any atom is -0.0683 e. The first-order valence-corrected chi connectivity index (χ1v) is 11.1. The summed E-state index contributed by atoms with van der Waals surface area (Å²) in [7, 11) is 1.46. The number of hydrogen-bond acceptors (Lipinski definition) is 0. The van der Waals surface area contributed by atoms with E-state index in [4.69, 9.17) is 0 Å². The maximum absolute atomic E-state index is 2.38. The molecule has 0 rings (SSSR count). The summed E-state index contributed by atoms with van der Waals surface area (Å²) in [5, 5.41) is 0. The van der Waals surface area contributed by atoms with Crippen LogP contribution in [0, 0.1) is 0 Å². The Morgan fingerprint density at radius 1 is 1.10 bits per heavy atom. The summed E-state index contributed by atoms with van der Waals surface area (Å²) in [5.41, 5.74) is 0. The van der Waals surface area contributed by atoms with E-state index in [9.17, 15) is 0 Å². The Kier molecular flexibility index (Phi) is 7.87. The average molecular weight is 174 g/mol. The third-order valence-electron chi connectivity index (χ3n) is 2.25. The smallest absolute Gasteiger partial charge is 0.0199 e. The van der Waals surface area contributed by atoms with Gasteiger partial charge in [-0.2, -0.15) is 0 Å². The lowest BCUT2D eigenvalue weighted by Gasteiger charge is -2.04. The van der Waals surface area contributed by atoms with Crippen molar-refractivity contribution in [3.05, 3.63) is 0 Å². The van der Waals surface area contributed by atoms with Gasteiger partial charge in [-0.15, -0.1) is 0 Å². The van der Waals surface area contributed by atoms with Crippen molar-refractivity contribution >= 4 is 18.1 Å². The molecule has 0 saturated heterocycles. The molecule has 0 aliphatic heterocycles. The van der Waals surface area contributed by atoms with Gasteiger partial charge < -0.3 is 0 Å². The molecule has 0 fully saturated rings. The van der Waals surface area contributed by atoms with Crippen molar-refractivity contribution in [2.24, 2.45) is 0 Å². The van der Waals surface area contributed by atoms with E-state index in [0.717, 1.165) is 0 Å². The van der Waals surface area contributed by atoms with E-state index in [0.29, 0.717) is 0 Å². The number of unbranched alkanes of at least 4 members (excludes halogenated alkanes) is 3. The molecule has 0 aromatic heterocycles. The molecule has 1 atom stereocenters. The lowest BCUT2D eigenvalue weighted by molar-refractivity contribution is 0.699. The van der Waals surface area contributed by atoms with Crippen molar-refractivity contribution in [2.45, 2.75) is 51.6 Å². The number of rotatable bonds is 6. The van der Waals surface area contributed by atoms with Gasteiger partial charge in [-0.3, -0.25) is 0 Å². The fraction of sp³-hybridized carbons (Fsp3) is 1.00. The molecule has 1 unspecified atom stereocenters. The van der Waals surface area contributed by atoms with Crippen LogP contribution < -0.4 is 0 Å². The molecule has 0 nitrogen and oxygen atoms in total. The first kappa shape index (κ1) is 10.4.